The van der Waals surface area contributed by atoms with Gasteiger partial charge in [0.15, 0.2) is 6.61 Å². The van der Waals surface area contributed by atoms with Crippen LogP contribution < -0.4 is 5.32 Å². The predicted octanol–water partition coefficient (Wildman–Crippen LogP) is 5.18. The van der Waals surface area contributed by atoms with Gasteiger partial charge in [0.05, 0.1) is 12.2 Å². The summed E-state index contributed by atoms with van der Waals surface area (Å²) in [5.74, 6) is -0.921. The molecule has 0 atom stereocenters. The molecule has 0 bridgehead atoms. The lowest BCUT2D eigenvalue weighted by Gasteiger charge is -2.14. The lowest BCUT2D eigenvalue weighted by Crippen LogP contribution is -2.21. The van der Waals surface area contributed by atoms with Gasteiger partial charge in [-0.25, -0.2) is 4.79 Å². The fraction of sp³-hybridized carbons (Fsp3) is 0.321. The Morgan fingerprint density at radius 3 is 2.26 bits per heavy atom. The van der Waals surface area contributed by atoms with E-state index >= 15 is 0 Å². The number of esters is 1. The summed E-state index contributed by atoms with van der Waals surface area (Å²) in [5, 5.41) is 7.51. The van der Waals surface area contributed by atoms with Gasteiger partial charge in [0.1, 0.15) is 0 Å². The van der Waals surface area contributed by atoms with E-state index in [1.54, 1.807) is 6.08 Å². The van der Waals surface area contributed by atoms with E-state index in [0.717, 1.165) is 52.2 Å². The van der Waals surface area contributed by atoms with Crippen molar-refractivity contribution in [2.24, 2.45) is 0 Å². The topological polar surface area (TPSA) is 73.2 Å². The third-order valence-corrected chi connectivity index (χ3v) is 5.89. The molecule has 0 saturated carbocycles. The SMILES string of the molecule is CCc1cccc(CC)c1NC(=O)COC(=O)/C=C/c1c(C)nn(Cc2ccc(C)cc2)c1C. The number of carbonyl (C=O) groups excluding carboxylic acids is 2. The molecule has 1 heterocycles. The molecule has 0 unspecified atom stereocenters. The second-order valence-electron chi connectivity index (χ2n) is 8.38. The molecule has 34 heavy (non-hydrogen) atoms. The van der Waals surface area contributed by atoms with Crippen LogP contribution in [0.2, 0.25) is 0 Å². The van der Waals surface area contributed by atoms with Gasteiger partial charge in [-0.3, -0.25) is 9.48 Å². The Morgan fingerprint density at radius 1 is 1.00 bits per heavy atom. The molecule has 0 saturated heterocycles. The molecule has 2 aromatic carbocycles. The van der Waals surface area contributed by atoms with Crippen LogP contribution in [0.5, 0.6) is 0 Å². The van der Waals surface area contributed by atoms with E-state index in [-0.39, 0.29) is 12.5 Å². The van der Waals surface area contributed by atoms with Gasteiger partial charge in [0, 0.05) is 23.0 Å². The van der Waals surface area contributed by atoms with Crippen LogP contribution in [-0.4, -0.2) is 28.3 Å². The minimum atomic E-state index is -0.570. The number of nitrogens with one attached hydrogen (secondary N) is 1. The van der Waals surface area contributed by atoms with Crippen molar-refractivity contribution >= 4 is 23.6 Å². The zero-order valence-electron chi connectivity index (χ0n) is 20.6. The average molecular weight is 460 g/mol. The fourth-order valence-corrected chi connectivity index (χ4v) is 3.89. The van der Waals surface area contributed by atoms with E-state index in [0.29, 0.717) is 6.54 Å². The maximum absolute atomic E-state index is 12.4. The van der Waals surface area contributed by atoms with E-state index in [4.69, 9.17) is 4.74 Å². The van der Waals surface area contributed by atoms with Gasteiger partial charge in [-0.05, 0) is 56.4 Å². The first-order valence-corrected chi connectivity index (χ1v) is 11.7. The summed E-state index contributed by atoms with van der Waals surface area (Å²) in [5.41, 5.74) is 7.98. The molecular weight excluding hydrogens is 426 g/mol. The summed E-state index contributed by atoms with van der Waals surface area (Å²) in [7, 11) is 0. The highest BCUT2D eigenvalue weighted by molar-refractivity contribution is 5.95. The van der Waals surface area contributed by atoms with Crippen LogP contribution in [0.4, 0.5) is 5.69 Å². The number of hydrogen-bond acceptors (Lipinski definition) is 4. The molecule has 0 aliphatic carbocycles. The Bertz CT molecular complexity index is 1170. The molecule has 0 aliphatic rings. The van der Waals surface area contributed by atoms with Gasteiger partial charge in [-0.1, -0.05) is 61.9 Å². The number of aromatic nitrogens is 2. The fourth-order valence-electron chi connectivity index (χ4n) is 3.89. The molecular formula is C28H33N3O3. The molecule has 1 N–H and O–H groups in total. The smallest absolute Gasteiger partial charge is 0.331 e. The van der Waals surface area contributed by atoms with Gasteiger partial charge in [-0.2, -0.15) is 5.10 Å². The summed E-state index contributed by atoms with van der Waals surface area (Å²) in [6.07, 6.45) is 4.66. The molecule has 1 amide bonds. The molecule has 0 spiro atoms. The third kappa shape index (κ3) is 6.22. The summed E-state index contributed by atoms with van der Waals surface area (Å²) in [6.45, 7) is 10.4. The van der Waals surface area contributed by atoms with Crippen molar-refractivity contribution in [3.05, 3.63) is 87.7 Å². The van der Waals surface area contributed by atoms with Crippen molar-refractivity contribution in [2.75, 3.05) is 11.9 Å². The number of rotatable bonds is 9. The number of carbonyl (C=O) groups is 2. The monoisotopic (exact) mass is 459 g/mol. The molecule has 3 aromatic rings. The molecule has 6 nitrogen and oxygen atoms in total. The molecule has 3 rings (SSSR count). The van der Waals surface area contributed by atoms with E-state index in [1.165, 1.54) is 11.6 Å². The summed E-state index contributed by atoms with van der Waals surface area (Å²) < 4.78 is 7.10. The maximum atomic E-state index is 12.4. The predicted molar refractivity (Wildman–Crippen MR) is 136 cm³/mol. The van der Waals surface area contributed by atoms with Crippen LogP contribution in [0.3, 0.4) is 0 Å². The van der Waals surface area contributed by atoms with E-state index < -0.39 is 5.97 Å². The van der Waals surface area contributed by atoms with Crippen molar-refractivity contribution in [2.45, 2.75) is 54.0 Å². The summed E-state index contributed by atoms with van der Waals surface area (Å²) in [4.78, 5) is 24.7. The van der Waals surface area contributed by atoms with Crippen LogP contribution in [0.1, 0.15) is 53.1 Å². The highest BCUT2D eigenvalue weighted by Gasteiger charge is 2.13. The van der Waals surface area contributed by atoms with E-state index in [9.17, 15) is 9.59 Å². The number of nitrogens with zero attached hydrogens (tertiary/aromatic N) is 2. The second-order valence-corrected chi connectivity index (χ2v) is 8.38. The molecule has 1 aromatic heterocycles. The highest BCUT2D eigenvalue weighted by Crippen LogP contribution is 2.22. The van der Waals surface area contributed by atoms with Crippen LogP contribution in [0.15, 0.2) is 48.5 Å². The first-order chi connectivity index (χ1) is 16.3. The van der Waals surface area contributed by atoms with Gasteiger partial charge in [0.25, 0.3) is 5.91 Å². The Hall–Kier alpha value is -3.67. The lowest BCUT2D eigenvalue weighted by atomic mass is 10.0. The van der Waals surface area contributed by atoms with Gasteiger partial charge in [0.2, 0.25) is 0 Å². The highest BCUT2D eigenvalue weighted by atomic mass is 16.5. The minimum Gasteiger partial charge on any atom is -0.452 e. The Kier molecular flexibility index (Phi) is 8.41. The second kappa shape index (κ2) is 11.5. The zero-order chi connectivity index (χ0) is 24.7. The maximum Gasteiger partial charge on any atom is 0.331 e. The Labute approximate surface area is 201 Å². The van der Waals surface area contributed by atoms with E-state index in [1.807, 2.05) is 50.6 Å². The Balaban J connectivity index is 1.60. The number of amides is 1. The van der Waals surface area contributed by atoms with Crippen molar-refractivity contribution in [1.29, 1.82) is 0 Å². The number of anilines is 1. The van der Waals surface area contributed by atoms with Gasteiger partial charge >= 0.3 is 5.97 Å². The minimum absolute atomic E-state index is 0.338. The zero-order valence-corrected chi connectivity index (χ0v) is 20.6. The Morgan fingerprint density at radius 2 is 1.65 bits per heavy atom. The van der Waals surface area contributed by atoms with Crippen LogP contribution in [0, 0.1) is 20.8 Å². The molecule has 6 heteroatoms. The van der Waals surface area contributed by atoms with Crippen molar-refractivity contribution in [3.8, 4) is 0 Å². The first kappa shape index (κ1) is 25.0. The number of hydrogen-bond donors (Lipinski definition) is 1. The third-order valence-electron chi connectivity index (χ3n) is 5.89. The molecule has 0 aliphatic heterocycles. The number of ether oxygens (including phenoxy) is 1. The van der Waals surface area contributed by atoms with Crippen LogP contribution >= 0.6 is 0 Å². The normalized spacial score (nSPS) is 11.1. The van der Waals surface area contributed by atoms with Crippen molar-refractivity contribution < 1.29 is 14.3 Å². The number of benzene rings is 2. The first-order valence-electron chi connectivity index (χ1n) is 11.7. The van der Waals surface area contributed by atoms with Gasteiger partial charge < -0.3 is 10.1 Å². The van der Waals surface area contributed by atoms with Crippen LogP contribution in [0.25, 0.3) is 6.08 Å². The van der Waals surface area contributed by atoms with Crippen molar-refractivity contribution in [1.82, 2.24) is 9.78 Å². The molecule has 178 valence electrons. The van der Waals surface area contributed by atoms with Gasteiger partial charge in [-0.15, -0.1) is 0 Å². The largest absolute Gasteiger partial charge is 0.452 e. The van der Waals surface area contributed by atoms with Crippen molar-refractivity contribution in [3.63, 3.8) is 0 Å². The average Bonchev–Trinajstić information content (AvgIpc) is 3.09. The quantitative estimate of drug-likeness (QED) is 0.354. The van der Waals surface area contributed by atoms with E-state index in [2.05, 4.69) is 41.6 Å². The lowest BCUT2D eigenvalue weighted by molar-refractivity contribution is -0.142. The summed E-state index contributed by atoms with van der Waals surface area (Å²) in [6, 6.07) is 14.3. The van der Waals surface area contributed by atoms with Crippen LogP contribution in [-0.2, 0) is 33.7 Å². The molecule has 0 fully saturated rings. The number of para-hydroxylation sites is 1. The summed E-state index contributed by atoms with van der Waals surface area (Å²) >= 11 is 0. The molecule has 0 radical (unpaired) electrons. The number of aryl methyl sites for hydroxylation is 4. The standard InChI is InChI=1S/C28H33N3O3/c1-6-23-9-8-10-24(7-2)28(23)29-26(32)18-34-27(33)16-15-25-20(4)30-31(21(25)5)17-22-13-11-19(3)12-14-22/h8-16H,6-7,17-18H2,1-5H3,(H,29,32)/b16-15+.